The van der Waals surface area contributed by atoms with Crippen LogP contribution >= 0.6 is 0 Å². The summed E-state index contributed by atoms with van der Waals surface area (Å²) in [4.78, 5) is 6.89. The summed E-state index contributed by atoms with van der Waals surface area (Å²) in [6.45, 7) is 8.64. The molecule has 0 aliphatic carbocycles. The van der Waals surface area contributed by atoms with Crippen LogP contribution in [0, 0.1) is 0 Å². The van der Waals surface area contributed by atoms with Gasteiger partial charge in [0.1, 0.15) is 0 Å². The quantitative estimate of drug-likeness (QED) is 0.325. The summed E-state index contributed by atoms with van der Waals surface area (Å²) in [5, 5.41) is 6.75. The first kappa shape index (κ1) is 17.0. The molecule has 116 valence electrons. The highest BCUT2D eigenvalue weighted by Gasteiger charge is 2.19. The fraction of sp³-hybridized carbons (Fsp3) is 0.812. The Morgan fingerprint density at radius 1 is 1.30 bits per heavy atom. The van der Waals surface area contributed by atoms with Gasteiger partial charge in [-0.1, -0.05) is 25.5 Å². The smallest absolute Gasteiger partial charge is 0.191 e. The summed E-state index contributed by atoms with van der Waals surface area (Å²) < 4.78 is 0. The molecule has 1 rings (SSSR count). The number of piperidine rings is 1. The van der Waals surface area contributed by atoms with Crippen LogP contribution in [-0.4, -0.2) is 50.1 Å². The van der Waals surface area contributed by atoms with Crippen LogP contribution in [0.1, 0.15) is 46.0 Å². The Hall–Kier alpha value is -1.03. The predicted octanol–water partition coefficient (Wildman–Crippen LogP) is 2.38. The van der Waals surface area contributed by atoms with Crippen molar-refractivity contribution in [1.29, 1.82) is 0 Å². The second-order valence-corrected chi connectivity index (χ2v) is 5.38. The van der Waals surface area contributed by atoms with Crippen LogP contribution in [0.15, 0.2) is 17.1 Å². The van der Waals surface area contributed by atoms with Crippen LogP contribution in [0.4, 0.5) is 0 Å². The van der Waals surface area contributed by atoms with Gasteiger partial charge >= 0.3 is 0 Å². The van der Waals surface area contributed by atoms with E-state index in [9.17, 15) is 0 Å². The van der Waals surface area contributed by atoms with E-state index in [2.05, 4.69) is 46.5 Å². The van der Waals surface area contributed by atoms with E-state index in [1.165, 1.54) is 32.2 Å². The molecule has 0 aromatic rings. The first-order valence-corrected chi connectivity index (χ1v) is 8.11. The molecule has 0 saturated carbocycles. The lowest BCUT2D eigenvalue weighted by atomic mass is 10.0. The summed E-state index contributed by atoms with van der Waals surface area (Å²) in [7, 11) is 1.83. The average molecular weight is 280 g/mol. The molecule has 2 N–H and O–H groups in total. The van der Waals surface area contributed by atoms with Gasteiger partial charge in [-0.05, 0) is 39.2 Å². The monoisotopic (exact) mass is 280 g/mol. The number of guanidine groups is 1. The Balaban J connectivity index is 2.20. The number of aliphatic imine (C=N–C) groups is 1. The third kappa shape index (κ3) is 6.42. The fourth-order valence-electron chi connectivity index (χ4n) is 2.80. The van der Waals surface area contributed by atoms with Crippen molar-refractivity contribution in [2.24, 2.45) is 4.99 Å². The molecule has 1 saturated heterocycles. The van der Waals surface area contributed by atoms with E-state index in [1.807, 2.05) is 7.05 Å². The minimum absolute atomic E-state index is 0.787. The molecule has 0 radical (unpaired) electrons. The molecule has 4 heteroatoms. The highest BCUT2D eigenvalue weighted by molar-refractivity contribution is 5.79. The predicted molar refractivity (Wildman–Crippen MR) is 88.3 cm³/mol. The number of likely N-dealkylation sites (tertiary alicyclic amines) is 1. The number of nitrogens with one attached hydrogen (secondary N) is 2. The molecule has 0 bridgehead atoms. The van der Waals surface area contributed by atoms with E-state index in [4.69, 9.17) is 0 Å². The third-order valence-electron chi connectivity index (χ3n) is 3.97. The number of rotatable bonds is 7. The van der Waals surface area contributed by atoms with E-state index in [-0.39, 0.29) is 0 Å². The van der Waals surface area contributed by atoms with Gasteiger partial charge in [0.05, 0.1) is 0 Å². The molecule has 1 atom stereocenters. The van der Waals surface area contributed by atoms with E-state index in [1.54, 1.807) is 0 Å². The van der Waals surface area contributed by atoms with Crippen molar-refractivity contribution in [2.45, 2.75) is 52.0 Å². The first-order chi connectivity index (χ1) is 9.81. The first-order valence-electron chi connectivity index (χ1n) is 8.11. The van der Waals surface area contributed by atoms with Gasteiger partial charge in [-0.15, -0.1) is 0 Å². The minimum atomic E-state index is 0.787. The van der Waals surface area contributed by atoms with Gasteiger partial charge < -0.3 is 10.6 Å². The highest BCUT2D eigenvalue weighted by atomic mass is 15.2. The molecular weight excluding hydrogens is 248 g/mol. The van der Waals surface area contributed by atoms with Gasteiger partial charge in [-0.2, -0.15) is 0 Å². The Morgan fingerprint density at radius 2 is 2.10 bits per heavy atom. The van der Waals surface area contributed by atoms with Crippen molar-refractivity contribution in [3.05, 3.63) is 12.2 Å². The third-order valence-corrected chi connectivity index (χ3v) is 3.97. The van der Waals surface area contributed by atoms with Gasteiger partial charge in [0.2, 0.25) is 0 Å². The number of allylic oxidation sites excluding steroid dienone is 1. The zero-order chi connectivity index (χ0) is 14.6. The maximum Gasteiger partial charge on any atom is 0.191 e. The van der Waals surface area contributed by atoms with Crippen molar-refractivity contribution in [1.82, 2.24) is 15.5 Å². The lowest BCUT2D eigenvalue weighted by Gasteiger charge is -2.35. The Labute approximate surface area is 124 Å². The highest BCUT2D eigenvalue weighted by Crippen LogP contribution is 2.18. The molecule has 0 amide bonds. The zero-order valence-electron chi connectivity index (χ0n) is 13.5. The molecule has 1 aliphatic heterocycles. The zero-order valence-corrected chi connectivity index (χ0v) is 13.5. The Bertz CT molecular complexity index is 299. The van der Waals surface area contributed by atoms with Crippen LogP contribution in [0.5, 0.6) is 0 Å². The Kier molecular flexibility index (Phi) is 9.13. The lowest BCUT2D eigenvalue weighted by Crippen LogP contribution is -2.46. The van der Waals surface area contributed by atoms with E-state index in [0.717, 1.165) is 38.1 Å². The molecular formula is C16H32N4. The summed E-state index contributed by atoms with van der Waals surface area (Å²) >= 11 is 0. The van der Waals surface area contributed by atoms with Crippen molar-refractivity contribution >= 4 is 5.96 Å². The summed E-state index contributed by atoms with van der Waals surface area (Å²) in [5.74, 6) is 0.916. The van der Waals surface area contributed by atoms with Crippen LogP contribution in [-0.2, 0) is 0 Å². The van der Waals surface area contributed by atoms with Crippen molar-refractivity contribution in [3.8, 4) is 0 Å². The molecule has 20 heavy (non-hydrogen) atoms. The summed E-state index contributed by atoms with van der Waals surface area (Å²) in [5.41, 5.74) is 0. The number of hydrogen-bond acceptors (Lipinski definition) is 2. The second-order valence-electron chi connectivity index (χ2n) is 5.38. The van der Waals surface area contributed by atoms with E-state index < -0.39 is 0 Å². The molecule has 4 nitrogen and oxygen atoms in total. The topological polar surface area (TPSA) is 39.7 Å². The molecule has 0 aromatic carbocycles. The van der Waals surface area contributed by atoms with Crippen molar-refractivity contribution < 1.29 is 0 Å². The molecule has 1 unspecified atom stereocenters. The van der Waals surface area contributed by atoms with Crippen LogP contribution < -0.4 is 10.6 Å². The molecule has 1 aliphatic rings. The van der Waals surface area contributed by atoms with Gasteiger partial charge in [0.25, 0.3) is 0 Å². The van der Waals surface area contributed by atoms with Gasteiger partial charge in [0, 0.05) is 32.7 Å². The van der Waals surface area contributed by atoms with Gasteiger partial charge in [-0.25, -0.2) is 0 Å². The molecule has 1 heterocycles. The van der Waals surface area contributed by atoms with Gasteiger partial charge in [-0.3, -0.25) is 9.89 Å². The standard InChI is InChI=1S/C16H32N4/c1-4-6-8-11-18-16(17-3)19-12-14-20-13-9-7-10-15(20)5-2/h4,6,15H,5,7-14H2,1-3H3,(H2,17,18,19)/b6-4+. The maximum atomic E-state index is 4.26. The lowest BCUT2D eigenvalue weighted by molar-refractivity contribution is 0.147. The van der Waals surface area contributed by atoms with E-state index in [0.29, 0.717) is 0 Å². The molecule has 0 aromatic heterocycles. The average Bonchev–Trinajstić information content (AvgIpc) is 2.50. The second kappa shape index (κ2) is 10.7. The summed E-state index contributed by atoms with van der Waals surface area (Å²) in [6, 6.07) is 0.787. The van der Waals surface area contributed by atoms with Crippen LogP contribution in [0.3, 0.4) is 0 Å². The van der Waals surface area contributed by atoms with Gasteiger partial charge in [0.15, 0.2) is 5.96 Å². The normalized spacial score (nSPS) is 21.4. The fourth-order valence-corrected chi connectivity index (χ4v) is 2.80. The minimum Gasteiger partial charge on any atom is -0.356 e. The molecule has 0 spiro atoms. The summed E-state index contributed by atoms with van der Waals surface area (Å²) in [6.07, 6.45) is 10.7. The SMILES string of the molecule is C/C=C/CCNC(=NC)NCCN1CCCCC1CC. The number of hydrogen-bond donors (Lipinski definition) is 2. The van der Waals surface area contributed by atoms with Crippen molar-refractivity contribution in [3.63, 3.8) is 0 Å². The Morgan fingerprint density at radius 3 is 2.80 bits per heavy atom. The number of nitrogens with zero attached hydrogens (tertiary/aromatic N) is 2. The maximum absolute atomic E-state index is 4.26. The van der Waals surface area contributed by atoms with E-state index >= 15 is 0 Å². The van der Waals surface area contributed by atoms with Crippen LogP contribution in [0.25, 0.3) is 0 Å². The van der Waals surface area contributed by atoms with Crippen molar-refractivity contribution in [2.75, 3.05) is 33.2 Å². The largest absolute Gasteiger partial charge is 0.356 e. The van der Waals surface area contributed by atoms with Crippen LogP contribution in [0.2, 0.25) is 0 Å². The molecule has 1 fully saturated rings.